The molecule has 2 aliphatic heterocycles. The van der Waals surface area contributed by atoms with Crippen LogP contribution in [0.5, 0.6) is 11.5 Å². The topological polar surface area (TPSA) is 97.1 Å². The van der Waals surface area contributed by atoms with E-state index in [9.17, 15) is 15.2 Å². The van der Waals surface area contributed by atoms with Gasteiger partial charge in [-0.1, -0.05) is 0 Å². The maximum absolute atomic E-state index is 11.3. The molecule has 3 rings (SSSR count). The fourth-order valence-corrected chi connectivity index (χ4v) is 2.78. The van der Waals surface area contributed by atoms with Gasteiger partial charge in [0.2, 0.25) is 6.79 Å². The lowest BCUT2D eigenvalue weighted by molar-refractivity contribution is -0.386. The van der Waals surface area contributed by atoms with E-state index in [1.54, 1.807) is 6.07 Å². The Morgan fingerprint density at radius 2 is 1.95 bits per heavy atom. The average Bonchev–Trinajstić information content (AvgIpc) is 2.95. The van der Waals surface area contributed by atoms with Gasteiger partial charge >= 0.3 is 0 Å². The Kier molecular flexibility index (Phi) is 5.41. The van der Waals surface area contributed by atoms with Gasteiger partial charge in [0, 0.05) is 26.2 Å². The molecule has 0 saturated carbocycles. The maximum Gasteiger partial charge on any atom is 0.278 e. The number of nitrogens with zero attached hydrogens (tertiary/aromatic N) is 2. The van der Waals surface area contributed by atoms with E-state index in [0.29, 0.717) is 17.1 Å². The third-order valence-electron chi connectivity index (χ3n) is 3.84. The summed E-state index contributed by atoms with van der Waals surface area (Å²) in [5.41, 5.74) is 0.422. The molecule has 22 heavy (non-hydrogen) atoms. The van der Waals surface area contributed by atoms with Crippen molar-refractivity contribution in [2.75, 3.05) is 39.6 Å². The number of ether oxygens (including phenoxy) is 2. The molecule has 2 aliphatic rings. The largest absolute Gasteiger partial charge is 0.454 e. The molecule has 1 atom stereocenters. The zero-order valence-corrected chi connectivity index (χ0v) is 12.7. The number of aliphatic hydroxyl groups is 1. The van der Waals surface area contributed by atoms with Crippen molar-refractivity contribution < 1.29 is 19.5 Å². The monoisotopic (exact) mass is 331 g/mol. The van der Waals surface area contributed by atoms with Gasteiger partial charge in [-0.25, -0.2) is 0 Å². The number of hydrogen-bond acceptors (Lipinski definition) is 7. The molecule has 122 valence electrons. The van der Waals surface area contributed by atoms with Crippen molar-refractivity contribution in [1.29, 1.82) is 0 Å². The Balaban J connectivity index is 0.00000176. The molecule has 0 amide bonds. The van der Waals surface area contributed by atoms with Gasteiger partial charge in [-0.05, 0) is 6.07 Å². The summed E-state index contributed by atoms with van der Waals surface area (Å²) in [5, 5.41) is 24.3. The predicted octanol–water partition coefficient (Wildman–Crippen LogP) is 0.684. The summed E-state index contributed by atoms with van der Waals surface area (Å²) in [6, 6.07) is 2.58. The molecule has 0 unspecified atom stereocenters. The maximum atomic E-state index is 11.3. The summed E-state index contributed by atoms with van der Waals surface area (Å²) in [7, 11) is 0. The van der Waals surface area contributed by atoms with E-state index in [2.05, 4.69) is 5.32 Å². The third-order valence-corrected chi connectivity index (χ3v) is 3.84. The molecule has 0 aliphatic carbocycles. The van der Waals surface area contributed by atoms with Gasteiger partial charge in [-0.2, -0.15) is 0 Å². The van der Waals surface area contributed by atoms with Crippen molar-refractivity contribution in [2.45, 2.75) is 6.04 Å². The number of piperazine rings is 1. The van der Waals surface area contributed by atoms with Crippen LogP contribution in [-0.4, -0.2) is 54.5 Å². The van der Waals surface area contributed by atoms with Crippen molar-refractivity contribution >= 4 is 18.1 Å². The van der Waals surface area contributed by atoms with Crippen LogP contribution in [0.1, 0.15) is 11.6 Å². The summed E-state index contributed by atoms with van der Waals surface area (Å²) in [6.45, 7) is 2.95. The minimum atomic E-state index is -0.442. The molecule has 2 N–H and O–H groups in total. The molecule has 0 spiro atoms. The van der Waals surface area contributed by atoms with Crippen molar-refractivity contribution in [2.24, 2.45) is 0 Å². The molecule has 1 aromatic carbocycles. The minimum absolute atomic E-state index is 0. The number of rotatable bonds is 4. The molecular weight excluding hydrogens is 314 g/mol. The lowest BCUT2D eigenvalue weighted by atomic mass is 10.0. The Bertz CT molecular complexity index is 551. The average molecular weight is 332 g/mol. The molecule has 2 heterocycles. The van der Waals surface area contributed by atoms with Gasteiger partial charge in [-0.15, -0.1) is 12.4 Å². The SMILES string of the molecule is Cl.O=[N+]([O-])c1cc2c(cc1[C@@H](CO)N1CCNCC1)OCO2. The molecule has 0 aromatic heterocycles. The lowest BCUT2D eigenvalue weighted by Gasteiger charge is -2.33. The number of aliphatic hydroxyl groups excluding tert-OH is 1. The van der Waals surface area contributed by atoms with Gasteiger partial charge < -0.3 is 19.9 Å². The molecule has 0 bridgehead atoms. The van der Waals surface area contributed by atoms with E-state index in [1.807, 2.05) is 4.90 Å². The van der Waals surface area contributed by atoms with Crippen LogP contribution < -0.4 is 14.8 Å². The van der Waals surface area contributed by atoms with Crippen LogP contribution in [0, 0.1) is 10.1 Å². The molecule has 9 heteroatoms. The Morgan fingerprint density at radius 1 is 1.32 bits per heavy atom. The van der Waals surface area contributed by atoms with E-state index >= 15 is 0 Å². The van der Waals surface area contributed by atoms with Crippen LogP contribution in [0.2, 0.25) is 0 Å². The molecule has 1 aromatic rings. The Morgan fingerprint density at radius 3 is 2.55 bits per heavy atom. The zero-order valence-electron chi connectivity index (χ0n) is 11.9. The number of nitrogens with one attached hydrogen (secondary N) is 1. The zero-order chi connectivity index (χ0) is 14.8. The van der Waals surface area contributed by atoms with Crippen LogP contribution in [-0.2, 0) is 0 Å². The van der Waals surface area contributed by atoms with Gasteiger partial charge in [-0.3, -0.25) is 15.0 Å². The lowest BCUT2D eigenvalue weighted by Crippen LogP contribution is -2.46. The summed E-state index contributed by atoms with van der Waals surface area (Å²) in [4.78, 5) is 12.9. The number of benzene rings is 1. The number of nitro benzene ring substituents is 1. The fraction of sp³-hybridized carbons (Fsp3) is 0.538. The van der Waals surface area contributed by atoms with Crippen LogP contribution >= 0.6 is 12.4 Å². The molecule has 1 saturated heterocycles. The quantitative estimate of drug-likeness (QED) is 0.618. The van der Waals surface area contributed by atoms with E-state index in [0.717, 1.165) is 26.2 Å². The summed E-state index contributed by atoms with van der Waals surface area (Å²) < 4.78 is 10.5. The van der Waals surface area contributed by atoms with E-state index in [-0.39, 0.29) is 31.5 Å². The van der Waals surface area contributed by atoms with Gasteiger partial charge in [0.05, 0.1) is 29.2 Å². The Labute approximate surface area is 133 Å². The standard InChI is InChI=1S/C13H17N3O5.ClH/c17-7-11(15-3-1-14-2-4-15)9-5-12-13(21-8-20-12)6-10(9)16(18)19;/h5-6,11,14,17H,1-4,7-8H2;1H/t11-;/m1./s1. The number of hydrogen-bond donors (Lipinski definition) is 2. The van der Waals surface area contributed by atoms with Crippen LogP contribution in [0.25, 0.3) is 0 Å². The highest BCUT2D eigenvalue weighted by atomic mass is 35.5. The van der Waals surface area contributed by atoms with Gasteiger partial charge in [0.1, 0.15) is 0 Å². The first kappa shape index (κ1) is 16.8. The molecular formula is C13H18ClN3O5. The van der Waals surface area contributed by atoms with Crippen LogP contribution in [0.15, 0.2) is 12.1 Å². The minimum Gasteiger partial charge on any atom is -0.454 e. The van der Waals surface area contributed by atoms with Crippen LogP contribution in [0.4, 0.5) is 5.69 Å². The highest BCUT2D eigenvalue weighted by Gasteiger charge is 2.31. The predicted molar refractivity (Wildman–Crippen MR) is 80.7 cm³/mol. The van der Waals surface area contributed by atoms with Crippen molar-refractivity contribution in [1.82, 2.24) is 10.2 Å². The summed E-state index contributed by atoms with van der Waals surface area (Å²) in [5.74, 6) is 0.867. The highest BCUT2D eigenvalue weighted by Crippen LogP contribution is 2.41. The summed E-state index contributed by atoms with van der Waals surface area (Å²) in [6.07, 6.45) is 0. The third kappa shape index (κ3) is 3.09. The first-order valence-electron chi connectivity index (χ1n) is 6.84. The van der Waals surface area contributed by atoms with Crippen LogP contribution in [0.3, 0.4) is 0 Å². The second-order valence-electron chi connectivity index (χ2n) is 5.01. The molecule has 0 radical (unpaired) electrons. The summed E-state index contributed by atoms with van der Waals surface area (Å²) >= 11 is 0. The second-order valence-corrected chi connectivity index (χ2v) is 5.01. The van der Waals surface area contributed by atoms with Crippen molar-refractivity contribution in [3.63, 3.8) is 0 Å². The molecule has 8 nitrogen and oxygen atoms in total. The number of nitro groups is 1. The normalized spacial score (nSPS) is 18.6. The number of fused-ring (bicyclic) bond motifs is 1. The van der Waals surface area contributed by atoms with E-state index in [4.69, 9.17) is 9.47 Å². The molecule has 1 fully saturated rings. The van der Waals surface area contributed by atoms with Crippen molar-refractivity contribution in [3.05, 3.63) is 27.8 Å². The fourth-order valence-electron chi connectivity index (χ4n) is 2.78. The number of halogens is 1. The smallest absolute Gasteiger partial charge is 0.278 e. The highest BCUT2D eigenvalue weighted by molar-refractivity contribution is 5.85. The first-order valence-corrected chi connectivity index (χ1v) is 6.84. The van der Waals surface area contributed by atoms with Gasteiger partial charge in [0.25, 0.3) is 5.69 Å². The van der Waals surface area contributed by atoms with E-state index in [1.165, 1.54) is 6.07 Å². The van der Waals surface area contributed by atoms with Gasteiger partial charge in [0.15, 0.2) is 11.5 Å². The first-order chi connectivity index (χ1) is 10.2. The Hall–Kier alpha value is -1.61. The van der Waals surface area contributed by atoms with E-state index < -0.39 is 11.0 Å². The second kappa shape index (κ2) is 7.10. The van der Waals surface area contributed by atoms with Crippen molar-refractivity contribution in [3.8, 4) is 11.5 Å².